The lowest BCUT2D eigenvalue weighted by molar-refractivity contribution is -0.117. The van der Waals surface area contributed by atoms with Crippen LogP contribution in [-0.2, 0) is 21.1 Å². The molecule has 0 saturated carbocycles. The number of carbonyl (C=O) groups is 1. The summed E-state index contributed by atoms with van der Waals surface area (Å²) in [4.78, 5) is 19.3. The number of hydrogen-bond donors (Lipinski definition) is 0. The van der Waals surface area contributed by atoms with Gasteiger partial charge >= 0.3 is 0 Å². The van der Waals surface area contributed by atoms with Crippen LogP contribution in [0.25, 0.3) is 0 Å². The summed E-state index contributed by atoms with van der Waals surface area (Å²) in [5.74, 6) is 1.03. The smallest absolute Gasteiger partial charge is 0.252 e. The summed E-state index contributed by atoms with van der Waals surface area (Å²) in [6.07, 6.45) is 0.110. The largest absolute Gasteiger partial charge is 0.493 e. The second-order valence-corrected chi connectivity index (χ2v) is 11.4. The molecule has 1 amide bonds. The number of ether oxygens (including phenoxy) is 2. The first-order valence-corrected chi connectivity index (χ1v) is 13.0. The van der Waals surface area contributed by atoms with E-state index in [1.165, 1.54) is 11.8 Å². The Morgan fingerprint density at radius 2 is 1.88 bits per heavy atom. The topological polar surface area (TPSA) is 85.3 Å². The van der Waals surface area contributed by atoms with E-state index < -0.39 is 9.84 Å². The van der Waals surface area contributed by atoms with E-state index in [2.05, 4.69) is 4.99 Å². The zero-order chi connectivity index (χ0) is 23.0. The first kappa shape index (κ1) is 22.7. The van der Waals surface area contributed by atoms with Crippen molar-refractivity contribution in [1.29, 1.82) is 0 Å². The number of aryl methyl sites for hydroxylation is 1. The minimum atomic E-state index is -3.11. The van der Waals surface area contributed by atoms with E-state index in [9.17, 15) is 13.2 Å². The third-order valence-corrected chi connectivity index (χ3v) is 9.14. The number of hydrogen-bond acceptors (Lipinski definition) is 6. The van der Waals surface area contributed by atoms with Crippen LogP contribution in [0.1, 0.15) is 16.7 Å². The van der Waals surface area contributed by atoms with Gasteiger partial charge in [-0.25, -0.2) is 8.42 Å². The molecule has 2 saturated heterocycles. The van der Waals surface area contributed by atoms with E-state index in [1.807, 2.05) is 43.0 Å². The number of aliphatic imine (C=N–C) groups is 1. The maximum absolute atomic E-state index is 12.9. The Labute approximate surface area is 192 Å². The Morgan fingerprint density at radius 1 is 1.12 bits per heavy atom. The normalized spacial score (nSPS) is 22.8. The summed E-state index contributed by atoms with van der Waals surface area (Å²) in [6, 6.07) is 11.0. The molecular weight excluding hydrogens is 448 g/mol. The SMILES string of the molecule is COc1ccc(CC(=O)N=C2S[C@H]3CS(=O)(=O)C[C@@H]3N2c2cccc(C)c2C)cc1OC. The molecule has 4 rings (SSSR count). The van der Waals surface area contributed by atoms with E-state index in [0.717, 1.165) is 22.4 Å². The summed E-state index contributed by atoms with van der Waals surface area (Å²) >= 11 is 1.38. The molecule has 2 aromatic carbocycles. The molecule has 32 heavy (non-hydrogen) atoms. The number of amides is 1. The van der Waals surface area contributed by atoms with Crippen LogP contribution in [0, 0.1) is 13.8 Å². The fourth-order valence-corrected chi connectivity index (χ4v) is 8.08. The Kier molecular flexibility index (Phi) is 6.22. The predicted octanol–water partition coefficient (Wildman–Crippen LogP) is 3.16. The standard InChI is InChI=1S/C23H26N2O5S2/c1-14-6-5-7-17(15(14)2)25-18-12-32(27,28)13-21(18)31-23(25)24-22(26)11-16-8-9-19(29-3)20(10-16)30-4/h5-10,18,21H,11-13H2,1-4H3/t18-,21-/m0/s1. The van der Waals surface area contributed by atoms with Gasteiger partial charge in [0, 0.05) is 10.9 Å². The number of fused-ring (bicyclic) bond motifs is 1. The van der Waals surface area contributed by atoms with Crippen molar-refractivity contribution in [3.8, 4) is 11.5 Å². The molecular formula is C23H26N2O5S2. The summed E-state index contributed by atoms with van der Waals surface area (Å²) in [6.45, 7) is 4.03. The predicted molar refractivity (Wildman–Crippen MR) is 128 cm³/mol. The minimum Gasteiger partial charge on any atom is -0.493 e. The zero-order valence-electron chi connectivity index (χ0n) is 18.5. The molecule has 2 atom stereocenters. The fourth-order valence-electron chi connectivity index (χ4n) is 4.15. The quantitative estimate of drug-likeness (QED) is 0.658. The van der Waals surface area contributed by atoms with E-state index in [4.69, 9.17) is 9.47 Å². The van der Waals surface area contributed by atoms with Crippen LogP contribution >= 0.6 is 11.8 Å². The Morgan fingerprint density at radius 3 is 2.59 bits per heavy atom. The van der Waals surface area contributed by atoms with Crippen molar-refractivity contribution >= 4 is 38.4 Å². The molecule has 7 nitrogen and oxygen atoms in total. The highest BCUT2D eigenvalue weighted by molar-refractivity contribution is 8.16. The zero-order valence-corrected chi connectivity index (χ0v) is 20.1. The van der Waals surface area contributed by atoms with Gasteiger partial charge in [0.05, 0.1) is 38.2 Å². The summed E-state index contributed by atoms with van der Waals surface area (Å²) < 4.78 is 35.1. The molecule has 0 aromatic heterocycles. The van der Waals surface area contributed by atoms with Gasteiger partial charge in [0.25, 0.3) is 5.91 Å². The van der Waals surface area contributed by atoms with Crippen LogP contribution in [0.2, 0.25) is 0 Å². The number of sulfone groups is 1. The Balaban J connectivity index is 1.65. The van der Waals surface area contributed by atoms with Crippen molar-refractivity contribution in [1.82, 2.24) is 0 Å². The van der Waals surface area contributed by atoms with Crippen molar-refractivity contribution in [3.63, 3.8) is 0 Å². The first-order valence-electron chi connectivity index (χ1n) is 10.3. The number of benzene rings is 2. The molecule has 2 fully saturated rings. The number of methoxy groups -OCH3 is 2. The van der Waals surface area contributed by atoms with Crippen molar-refractivity contribution in [2.24, 2.45) is 4.99 Å². The monoisotopic (exact) mass is 474 g/mol. The van der Waals surface area contributed by atoms with Gasteiger partial charge < -0.3 is 14.4 Å². The molecule has 2 aliphatic heterocycles. The van der Waals surface area contributed by atoms with Crippen molar-refractivity contribution < 1.29 is 22.7 Å². The molecule has 2 heterocycles. The van der Waals surface area contributed by atoms with E-state index in [1.54, 1.807) is 26.4 Å². The van der Waals surface area contributed by atoms with Gasteiger partial charge in [-0.15, -0.1) is 0 Å². The lowest BCUT2D eigenvalue weighted by Crippen LogP contribution is -2.38. The van der Waals surface area contributed by atoms with E-state index in [-0.39, 0.29) is 35.1 Å². The molecule has 170 valence electrons. The molecule has 2 aromatic rings. The summed E-state index contributed by atoms with van der Waals surface area (Å²) in [7, 11) is -0.00261. The van der Waals surface area contributed by atoms with Gasteiger partial charge in [-0.1, -0.05) is 30.0 Å². The van der Waals surface area contributed by atoms with Crippen molar-refractivity contribution in [2.75, 3.05) is 30.6 Å². The maximum atomic E-state index is 12.9. The third-order valence-electron chi connectivity index (χ3n) is 5.93. The second-order valence-electron chi connectivity index (χ2n) is 8.04. The molecule has 0 bridgehead atoms. The molecule has 0 spiro atoms. The number of thioether (sulfide) groups is 1. The molecule has 0 unspecified atom stereocenters. The number of carbonyl (C=O) groups excluding carboxylic acids is 1. The minimum absolute atomic E-state index is 0.0704. The molecule has 0 radical (unpaired) electrons. The molecule has 9 heteroatoms. The van der Waals surface area contributed by atoms with Gasteiger partial charge in [0.2, 0.25) is 0 Å². The van der Waals surface area contributed by atoms with Crippen LogP contribution < -0.4 is 14.4 Å². The fraction of sp³-hybridized carbons (Fsp3) is 0.391. The van der Waals surface area contributed by atoms with Gasteiger partial charge in [0.15, 0.2) is 26.5 Å². The average molecular weight is 475 g/mol. The Hall–Kier alpha value is -2.52. The number of anilines is 1. The highest BCUT2D eigenvalue weighted by Crippen LogP contribution is 2.42. The van der Waals surface area contributed by atoms with E-state index in [0.29, 0.717) is 16.7 Å². The number of nitrogens with zero attached hydrogens (tertiary/aromatic N) is 2. The highest BCUT2D eigenvalue weighted by Gasteiger charge is 2.49. The molecule has 2 aliphatic rings. The lowest BCUT2D eigenvalue weighted by Gasteiger charge is -2.26. The third kappa shape index (κ3) is 4.36. The van der Waals surface area contributed by atoms with Gasteiger partial charge in [-0.2, -0.15) is 4.99 Å². The van der Waals surface area contributed by atoms with Crippen LogP contribution in [0.5, 0.6) is 11.5 Å². The van der Waals surface area contributed by atoms with Crippen LogP contribution in [0.15, 0.2) is 41.4 Å². The molecule has 0 N–H and O–H groups in total. The Bertz CT molecular complexity index is 1190. The summed E-state index contributed by atoms with van der Waals surface area (Å²) in [5, 5.41) is 0.432. The summed E-state index contributed by atoms with van der Waals surface area (Å²) in [5.41, 5.74) is 3.83. The van der Waals surface area contributed by atoms with Crippen molar-refractivity contribution in [3.05, 3.63) is 53.1 Å². The van der Waals surface area contributed by atoms with Crippen molar-refractivity contribution in [2.45, 2.75) is 31.6 Å². The van der Waals surface area contributed by atoms with Gasteiger partial charge in [0.1, 0.15) is 0 Å². The lowest BCUT2D eigenvalue weighted by atomic mass is 10.1. The van der Waals surface area contributed by atoms with Gasteiger partial charge in [-0.3, -0.25) is 4.79 Å². The average Bonchev–Trinajstić information content (AvgIpc) is 3.20. The van der Waals surface area contributed by atoms with Crippen LogP contribution in [-0.4, -0.2) is 56.5 Å². The molecule has 0 aliphatic carbocycles. The van der Waals surface area contributed by atoms with Crippen LogP contribution in [0.3, 0.4) is 0 Å². The number of rotatable bonds is 5. The van der Waals surface area contributed by atoms with E-state index >= 15 is 0 Å². The maximum Gasteiger partial charge on any atom is 0.252 e. The first-order chi connectivity index (χ1) is 15.2. The highest BCUT2D eigenvalue weighted by atomic mass is 32.2. The van der Waals surface area contributed by atoms with Crippen LogP contribution in [0.4, 0.5) is 5.69 Å². The number of amidine groups is 1. The van der Waals surface area contributed by atoms with Gasteiger partial charge in [-0.05, 0) is 48.7 Å². The second kappa shape index (κ2) is 8.78.